The number of carbonyl (C=O) groups is 2. The molecule has 2 rings (SSSR count). The number of carbonyl (C=O) groups excluding carboxylic acids is 2. The second-order valence-corrected chi connectivity index (χ2v) is 7.58. The van der Waals surface area contributed by atoms with E-state index < -0.39 is 21.5 Å². The molecule has 22 heavy (non-hydrogen) atoms. The molecule has 2 N–H and O–H groups in total. The minimum absolute atomic E-state index is 0.237. The van der Waals surface area contributed by atoms with E-state index in [4.69, 9.17) is 10.3 Å². The molecular weight excluding hydrogens is 310 g/mol. The lowest BCUT2D eigenvalue weighted by Gasteiger charge is -2.30. The second-order valence-electron chi connectivity index (χ2n) is 5.52. The predicted molar refractivity (Wildman–Crippen MR) is 77.2 cm³/mol. The van der Waals surface area contributed by atoms with Crippen molar-refractivity contribution in [2.75, 3.05) is 18.8 Å². The minimum atomic E-state index is -3.61. The average molecular weight is 329 g/mol. The maximum Gasteiger partial charge on any atom is 0.237 e. The molecule has 0 atom stereocenters. The van der Waals surface area contributed by atoms with E-state index >= 15 is 0 Å². The predicted octanol–water partition coefficient (Wildman–Crippen LogP) is -0.378. The van der Waals surface area contributed by atoms with Crippen LogP contribution in [0.5, 0.6) is 0 Å². The summed E-state index contributed by atoms with van der Waals surface area (Å²) in [5.41, 5.74) is 5.51. The number of hydrogen-bond donors (Lipinski definition) is 1. The number of aryl methyl sites for hydroxylation is 1. The first kappa shape index (κ1) is 16.5. The van der Waals surface area contributed by atoms with E-state index in [1.807, 2.05) is 0 Å². The highest BCUT2D eigenvalue weighted by atomic mass is 32.2. The molecule has 0 saturated carbocycles. The number of likely N-dealkylation sites (tertiary alicyclic amines) is 1. The standard InChI is InChI=1S/C13H19N3O5S/c1-9-6-11(15-21-9)7-22(19,20)8-12(17)16-4-2-10(3-5-16)13(14)18/h6,10H,2-5,7-8H2,1H3,(H2,14,18). The van der Waals surface area contributed by atoms with Gasteiger partial charge in [0.15, 0.2) is 9.84 Å². The fraction of sp³-hybridized carbons (Fsp3) is 0.615. The van der Waals surface area contributed by atoms with E-state index in [1.165, 1.54) is 11.0 Å². The van der Waals surface area contributed by atoms with Gasteiger partial charge in [-0.25, -0.2) is 8.42 Å². The van der Waals surface area contributed by atoms with E-state index in [0.29, 0.717) is 31.7 Å². The molecule has 122 valence electrons. The van der Waals surface area contributed by atoms with Crippen LogP contribution in [-0.2, 0) is 25.2 Å². The molecule has 8 nitrogen and oxygen atoms in total. The zero-order chi connectivity index (χ0) is 16.3. The highest BCUT2D eigenvalue weighted by molar-refractivity contribution is 7.91. The Morgan fingerprint density at radius 3 is 2.55 bits per heavy atom. The zero-order valence-corrected chi connectivity index (χ0v) is 13.1. The van der Waals surface area contributed by atoms with Crippen molar-refractivity contribution >= 4 is 21.7 Å². The van der Waals surface area contributed by atoms with Crippen molar-refractivity contribution in [3.8, 4) is 0 Å². The number of piperidine rings is 1. The topological polar surface area (TPSA) is 124 Å². The molecule has 0 aliphatic carbocycles. The van der Waals surface area contributed by atoms with E-state index in [9.17, 15) is 18.0 Å². The number of sulfone groups is 1. The minimum Gasteiger partial charge on any atom is -0.369 e. The average Bonchev–Trinajstić information content (AvgIpc) is 2.82. The van der Waals surface area contributed by atoms with Crippen LogP contribution in [0, 0.1) is 12.8 Å². The van der Waals surface area contributed by atoms with Gasteiger partial charge in [0.1, 0.15) is 11.5 Å². The molecule has 1 fully saturated rings. The Bertz CT molecular complexity index is 659. The quantitative estimate of drug-likeness (QED) is 0.785. The number of nitrogens with two attached hydrogens (primary N) is 1. The highest BCUT2D eigenvalue weighted by Crippen LogP contribution is 2.17. The Morgan fingerprint density at radius 1 is 1.41 bits per heavy atom. The van der Waals surface area contributed by atoms with E-state index in [2.05, 4.69) is 5.16 Å². The lowest BCUT2D eigenvalue weighted by atomic mass is 9.96. The van der Waals surface area contributed by atoms with Crippen LogP contribution in [0.1, 0.15) is 24.3 Å². The third-order valence-corrected chi connectivity index (χ3v) is 5.06. The maximum atomic E-state index is 12.1. The summed E-state index contributed by atoms with van der Waals surface area (Å²) in [4.78, 5) is 24.6. The van der Waals surface area contributed by atoms with Crippen LogP contribution >= 0.6 is 0 Å². The Balaban J connectivity index is 1.90. The van der Waals surface area contributed by atoms with E-state index in [1.54, 1.807) is 6.92 Å². The zero-order valence-electron chi connectivity index (χ0n) is 12.3. The van der Waals surface area contributed by atoms with E-state index in [0.717, 1.165) is 0 Å². The van der Waals surface area contributed by atoms with Crippen LogP contribution in [0.25, 0.3) is 0 Å². The summed E-state index contributed by atoms with van der Waals surface area (Å²) in [5, 5.41) is 3.62. The van der Waals surface area contributed by atoms with Crippen molar-refractivity contribution in [1.82, 2.24) is 10.1 Å². The second kappa shape index (κ2) is 6.47. The SMILES string of the molecule is Cc1cc(CS(=O)(=O)CC(=O)N2CCC(C(N)=O)CC2)no1. The van der Waals surface area contributed by atoms with Gasteiger partial charge in [0.2, 0.25) is 11.8 Å². The van der Waals surface area contributed by atoms with Crippen LogP contribution in [0.15, 0.2) is 10.6 Å². The summed E-state index contributed by atoms with van der Waals surface area (Å²) in [6.07, 6.45) is 0.952. The number of rotatable bonds is 5. The van der Waals surface area contributed by atoms with Gasteiger partial charge in [-0.1, -0.05) is 5.16 Å². The normalized spacial score (nSPS) is 16.7. The van der Waals surface area contributed by atoms with Crippen molar-refractivity contribution in [3.05, 3.63) is 17.5 Å². The van der Waals surface area contributed by atoms with Gasteiger partial charge >= 0.3 is 0 Å². The molecule has 1 saturated heterocycles. The first-order valence-electron chi connectivity index (χ1n) is 6.96. The van der Waals surface area contributed by atoms with Gasteiger partial charge in [-0.2, -0.15) is 0 Å². The fourth-order valence-electron chi connectivity index (χ4n) is 2.46. The third-order valence-electron chi connectivity index (χ3n) is 3.64. The molecule has 2 heterocycles. The van der Waals surface area contributed by atoms with Crippen LogP contribution in [0.3, 0.4) is 0 Å². The molecule has 0 radical (unpaired) electrons. The molecule has 0 aromatic carbocycles. The molecular formula is C13H19N3O5S. The number of aromatic nitrogens is 1. The summed E-state index contributed by atoms with van der Waals surface area (Å²) in [6.45, 7) is 2.37. The lowest BCUT2D eigenvalue weighted by Crippen LogP contribution is -2.44. The van der Waals surface area contributed by atoms with Crippen molar-refractivity contribution in [2.45, 2.75) is 25.5 Å². The Labute approximate surface area is 128 Å². The molecule has 1 aromatic heterocycles. The third kappa shape index (κ3) is 4.30. The van der Waals surface area contributed by atoms with Gasteiger partial charge in [-0.05, 0) is 19.8 Å². The van der Waals surface area contributed by atoms with Crippen molar-refractivity contribution in [2.24, 2.45) is 11.7 Å². The Hall–Kier alpha value is -1.90. The van der Waals surface area contributed by atoms with Gasteiger partial charge in [0.25, 0.3) is 0 Å². The monoisotopic (exact) mass is 329 g/mol. The lowest BCUT2D eigenvalue weighted by molar-refractivity contribution is -0.132. The van der Waals surface area contributed by atoms with Gasteiger partial charge < -0.3 is 15.2 Å². The first-order valence-corrected chi connectivity index (χ1v) is 8.78. The molecule has 2 amide bonds. The Kier molecular flexibility index (Phi) is 4.84. The van der Waals surface area contributed by atoms with Crippen LogP contribution in [-0.4, -0.2) is 49.1 Å². The summed E-state index contributed by atoms with van der Waals surface area (Å²) in [6, 6.07) is 1.53. The van der Waals surface area contributed by atoms with Crippen molar-refractivity contribution in [1.29, 1.82) is 0 Å². The first-order chi connectivity index (χ1) is 10.3. The molecule has 1 aliphatic heterocycles. The number of nitrogens with zero attached hydrogens (tertiary/aromatic N) is 2. The van der Waals surface area contributed by atoms with Gasteiger partial charge in [-0.3, -0.25) is 9.59 Å². The summed E-state index contributed by atoms with van der Waals surface area (Å²) in [7, 11) is -3.61. The molecule has 1 aromatic rings. The number of amides is 2. The molecule has 0 spiro atoms. The van der Waals surface area contributed by atoms with Crippen LogP contribution in [0.2, 0.25) is 0 Å². The molecule has 0 unspecified atom stereocenters. The van der Waals surface area contributed by atoms with Crippen molar-refractivity contribution in [3.63, 3.8) is 0 Å². The maximum absolute atomic E-state index is 12.1. The van der Waals surface area contributed by atoms with Gasteiger partial charge in [0.05, 0.1) is 11.4 Å². The van der Waals surface area contributed by atoms with Crippen LogP contribution < -0.4 is 5.73 Å². The Morgan fingerprint density at radius 2 is 2.05 bits per heavy atom. The van der Waals surface area contributed by atoms with Gasteiger partial charge in [0, 0.05) is 25.1 Å². The van der Waals surface area contributed by atoms with E-state index in [-0.39, 0.29) is 23.3 Å². The smallest absolute Gasteiger partial charge is 0.237 e. The summed E-state index contributed by atoms with van der Waals surface area (Å²) < 4.78 is 28.9. The largest absolute Gasteiger partial charge is 0.369 e. The molecule has 1 aliphatic rings. The molecule has 9 heteroatoms. The summed E-state index contributed by atoms with van der Waals surface area (Å²) in [5.74, 6) is -1.44. The van der Waals surface area contributed by atoms with Crippen molar-refractivity contribution < 1.29 is 22.5 Å². The number of primary amides is 1. The summed E-state index contributed by atoms with van der Waals surface area (Å²) >= 11 is 0. The van der Waals surface area contributed by atoms with Gasteiger partial charge in [-0.15, -0.1) is 0 Å². The fourth-order valence-corrected chi connectivity index (χ4v) is 3.70. The number of hydrogen-bond acceptors (Lipinski definition) is 6. The molecule has 0 bridgehead atoms. The van der Waals surface area contributed by atoms with Crippen LogP contribution in [0.4, 0.5) is 0 Å². The highest BCUT2D eigenvalue weighted by Gasteiger charge is 2.28.